The average molecular weight is 304 g/mol. The first-order chi connectivity index (χ1) is 8.87. The second-order valence-electron chi connectivity index (χ2n) is 4.46. The lowest BCUT2D eigenvalue weighted by atomic mass is 10.1. The van der Waals surface area contributed by atoms with E-state index in [2.05, 4.69) is 5.32 Å². The smallest absolute Gasteiger partial charge is 0.220 e. The van der Waals surface area contributed by atoms with Gasteiger partial charge in [-0.2, -0.15) is 0 Å². The van der Waals surface area contributed by atoms with Gasteiger partial charge < -0.3 is 5.32 Å². The van der Waals surface area contributed by atoms with Crippen LogP contribution in [0.1, 0.15) is 18.4 Å². The minimum absolute atomic E-state index is 0.0208. The van der Waals surface area contributed by atoms with Crippen molar-refractivity contribution in [3.05, 3.63) is 34.9 Å². The van der Waals surface area contributed by atoms with Crippen LogP contribution in [0.3, 0.4) is 0 Å². The van der Waals surface area contributed by atoms with Crippen molar-refractivity contribution in [1.29, 1.82) is 0 Å². The molecular formula is C13H18ClNO3S. The maximum absolute atomic E-state index is 11.5. The standard InChI is InChI=1S/C13H18ClNO3S/c1-19(17,18)9-8-15-13(16)7-3-5-11-4-2-6-12(14)10-11/h2,4,6,10H,3,5,7-9H2,1H3,(H,15,16). The fraction of sp³-hybridized carbons (Fsp3) is 0.462. The summed E-state index contributed by atoms with van der Waals surface area (Å²) >= 11 is 5.86. The normalized spacial score (nSPS) is 11.3. The average Bonchev–Trinajstić information content (AvgIpc) is 2.27. The molecule has 0 fully saturated rings. The van der Waals surface area contributed by atoms with E-state index in [-0.39, 0.29) is 18.2 Å². The molecule has 0 saturated heterocycles. The second kappa shape index (κ2) is 7.50. The van der Waals surface area contributed by atoms with Gasteiger partial charge in [-0.25, -0.2) is 8.42 Å². The Kier molecular flexibility index (Phi) is 6.31. The first-order valence-electron chi connectivity index (χ1n) is 6.06. The molecule has 0 unspecified atom stereocenters. The highest BCUT2D eigenvalue weighted by Crippen LogP contribution is 2.12. The van der Waals surface area contributed by atoms with E-state index in [1.807, 2.05) is 24.3 Å². The van der Waals surface area contributed by atoms with Crippen LogP contribution in [0, 0.1) is 0 Å². The van der Waals surface area contributed by atoms with Gasteiger partial charge in [0.05, 0.1) is 5.75 Å². The Morgan fingerprint density at radius 3 is 2.74 bits per heavy atom. The molecule has 6 heteroatoms. The number of aryl methyl sites for hydroxylation is 1. The Morgan fingerprint density at radius 2 is 2.11 bits per heavy atom. The van der Waals surface area contributed by atoms with Gasteiger partial charge in [0.25, 0.3) is 0 Å². The summed E-state index contributed by atoms with van der Waals surface area (Å²) in [6, 6.07) is 7.53. The van der Waals surface area contributed by atoms with Crippen LogP contribution in [0.25, 0.3) is 0 Å². The number of nitrogens with one attached hydrogen (secondary N) is 1. The number of benzene rings is 1. The monoisotopic (exact) mass is 303 g/mol. The number of amides is 1. The number of sulfone groups is 1. The molecule has 0 aromatic heterocycles. The van der Waals surface area contributed by atoms with Gasteiger partial charge in [0.1, 0.15) is 9.84 Å². The molecule has 0 aliphatic rings. The van der Waals surface area contributed by atoms with Gasteiger partial charge in [0, 0.05) is 24.2 Å². The maximum atomic E-state index is 11.5. The minimum atomic E-state index is -3.02. The van der Waals surface area contributed by atoms with Gasteiger partial charge in [-0.3, -0.25) is 4.79 Å². The summed E-state index contributed by atoms with van der Waals surface area (Å²) in [7, 11) is -3.02. The molecule has 106 valence electrons. The molecule has 0 heterocycles. The van der Waals surface area contributed by atoms with Gasteiger partial charge in [0.15, 0.2) is 0 Å². The highest BCUT2D eigenvalue weighted by molar-refractivity contribution is 7.90. The number of carbonyl (C=O) groups is 1. The number of carbonyl (C=O) groups excluding carboxylic acids is 1. The Bertz CT molecular complexity index is 528. The van der Waals surface area contributed by atoms with Crippen LogP contribution in [0.5, 0.6) is 0 Å². The second-order valence-corrected chi connectivity index (χ2v) is 7.16. The summed E-state index contributed by atoms with van der Waals surface area (Å²) in [6.45, 7) is 0.175. The Hall–Kier alpha value is -1.07. The van der Waals surface area contributed by atoms with Crippen LogP contribution >= 0.6 is 11.6 Å². The first kappa shape index (κ1) is 16.0. The summed E-state index contributed by atoms with van der Waals surface area (Å²) < 4.78 is 21.8. The molecule has 0 atom stereocenters. The fourth-order valence-corrected chi connectivity index (χ4v) is 2.30. The van der Waals surface area contributed by atoms with Crippen molar-refractivity contribution < 1.29 is 13.2 Å². The van der Waals surface area contributed by atoms with Crippen molar-refractivity contribution in [3.8, 4) is 0 Å². The van der Waals surface area contributed by atoms with Gasteiger partial charge in [0.2, 0.25) is 5.91 Å². The van der Waals surface area contributed by atoms with Crippen molar-refractivity contribution in [2.45, 2.75) is 19.3 Å². The van der Waals surface area contributed by atoms with E-state index in [1.165, 1.54) is 0 Å². The number of rotatable bonds is 7. The molecular weight excluding hydrogens is 286 g/mol. The predicted molar refractivity (Wildman–Crippen MR) is 77.1 cm³/mol. The SMILES string of the molecule is CS(=O)(=O)CCNC(=O)CCCc1cccc(Cl)c1. The fourth-order valence-electron chi connectivity index (χ4n) is 1.61. The molecule has 0 aliphatic heterocycles. The van der Waals surface area contributed by atoms with E-state index in [9.17, 15) is 13.2 Å². The lowest BCUT2D eigenvalue weighted by molar-refractivity contribution is -0.121. The lowest BCUT2D eigenvalue weighted by Crippen LogP contribution is -2.28. The van der Waals surface area contributed by atoms with E-state index >= 15 is 0 Å². The number of halogens is 1. The van der Waals surface area contributed by atoms with Crippen LogP contribution < -0.4 is 5.32 Å². The molecule has 1 aromatic carbocycles. The zero-order valence-corrected chi connectivity index (χ0v) is 12.4. The van der Waals surface area contributed by atoms with Crippen LogP contribution in [0.2, 0.25) is 5.02 Å². The zero-order valence-electron chi connectivity index (χ0n) is 10.9. The third-order valence-electron chi connectivity index (χ3n) is 2.55. The first-order valence-corrected chi connectivity index (χ1v) is 8.49. The van der Waals surface area contributed by atoms with Gasteiger partial charge in [-0.15, -0.1) is 0 Å². The van der Waals surface area contributed by atoms with Crippen molar-refractivity contribution in [2.24, 2.45) is 0 Å². The molecule has 1 aromatic rings. The summed E-state index contributed by atoms with van der Waals surface area (Å²) in [5.41, 5.74) is 1.09. The third-order valence-corrected chi connectivity index (χ3v) is 3.73. The third kappa shape index (κ3) is 7.85. The van der Waals surface area contributed by atoms with E-state index in [1.54, 1.807) is 0 Å². The van der Waals surface area contributed by atoms with Gasteiger partial charge in [-0.1, -0.05) is 23.7 Å². The van der Waals surface area contributed by atoms with Crippen LogP contribution in [-0.2, 0) is 21.1 Å². The Morgan fingerprint density at radius 1 is 1.37 bits per heavy atom. The topological polar surface area (TPSA) is 63.2 Å². The van der Waals surface area contributed by atoms with Gasteiger partial charge in [-0.05, 0) is 30.5 Å². The Labute approximate surface area is 119 Å². The van der Waals surface area contributed by atoms with Gasteiger partial charge >= 0.3 is 0 Å². The van der Waals surface area contributed by atoms with Crippen molar-refractivity contribution in [1.82, 2.24) is 5.32 Å². The van der Waals surface area contributed by atoms with Crippen LogP contribution in [0.15, 0.2) is 24.3 Å². The maximum Gasteiger partial charge on any atom is 0.220 e. The zero-order chi connectivity index (χ0) is 14.3. The van der Waals surface area contributed by atoms with E-state index in [0.29, 0.717) is 17.9 Å². The molecule has 0 saturated carbocycles. The van der Waals surface area contributed by atoms with Crippen LogP contribution in [0.4, 0.5) is 0 Å². The number of hydrogen-bond donors (Lipinski definition) is 1. The highest BCUT2D eigenvalue weighted by atomic mass is 35.5. The molecule has 19 heavy (non-hydrogen) atoms. The molecule has 0 radical (unpaired) electrons. The summed E-state index contributed by atoms with van der Waals surface area (Å²) in [5.74, 6) is -0.141. The molecule has 0 aliphatic carbocycles. The summed E-state index contributed by atoms with van der Waals surface area (Å²) in [5, 5.41) is 3.28. The molecule has 0 spiro atoms. The largest absolute Gasteiger partial charge is 0.355 e. The van der Waals surface area contributed by atoms with E-state index < -0.39 is 9.84 Å². The molecule has 4 nitrogen and oxygen atoms in total. The Balaban J connectivity index is 2.20. The predicted octanol–water partition coefficient (Wildman–Crippen LogP) is 1.82. The minimum Gasteiger partial charge on any atom is -0.355 e. The molecule has 1 rings (SSSR count). The lowest BCUT2D eigenvalue weighted by Gasteiger charge is -2.05. The van der Waals surface area contributed by atoms with E-state index in [0.717, 1.165) is 18.2 Å². The highest BCUT2D eigenvalue weighted by Gasteiger charge is 2.05. The molecule has 1 N–H and O–H groups in total. The van der Waals surface area contributed by atoms with Crippen molar-refractivity contribution >= 4 is 27.3 Å². The molecule has 0 bridgehead atoms. The molecule has 1 amide bonds. The van der Waals surface area contributed by atoms with Crippen LogP contribution in [-0.4, -0.2) is 32.9 Å². The quantitative estimate of drug-likeness (QED) is 0.836. The number of hydrogen-bond acceptors (Lipinski definition) is 3. The summed E-state index contributed by atoms with van der Waals surface area (Å²) in [6.07, 6.45) is 3.03. The van der Waals surface area contributed by atoms with Crippen molar-refractivity contribution in [3.63, 3.8) is 0 Å². The summed E-state index contributed by atoms with van der Waals surface area (Å²) in [4.78, 5) is 11.5. The van der Waals surface area contributed by atoms with Crippen molar-refractivity contribution in [2.75, 3.05) is 18.6 Å². The van der Waals surface area contributed by atoms with E-state index in [4.69, 9.17) is 11.6 Å².